The predicted molar refractivity (Wildman–Crippen MR) is 60.8 cm³/mol. The first-order chi connectivity index (χ1) is 7.72. The zero-order valence-electron chi connectivity index (χ0n) is 8.95. The Hall–Kier alpha value is -2.11. The van der Waals surface area contributed by atoms with Crippen LogP contribution in [0.2, 0.25) is 0 Å². The Bertz CT molecular complexity index is 529. The molecule has 0 aliphatic heterocycles. The number of rotatable bonds is 3. The Morgan fingerprint density at radius 2 is 2.25 bits per heavy atom. The number of nitrogen functional groups attached to an aromatic ring is 1. The van der Waals surface area contributed by atoms with Gasteiger partial charge < -0.3 is 15.7 Å². The second kappa shape index (κ2) is 4.18. The summed E-state index contributed by atoms with van der Waals surface area (Å²) >= 11 is 0. The first kappa shape index (κ1) is 10.4. The minimum absolute atomic E-state index is 0.194. The van der Waals surface area contributed by atoms with Crippen LogP contribution in [-0.2, 0) is 6.42 Å². The summed E-state index contributed by atoms with van der Waals surface area (Å²) in [7, 11) is 0. The third kappa shape index (κ3) is 1.81. The third-order valence-electron chi connectivity index (χ3n) is 2.27. The van der Waals surface area contributed by atoms with E-state index in [9.17, 15) is 4.79 Å². The highest BCUT2D eigenvalue weighted by Gasteiger charge is 2.10. The molecule has 0 aromatic carbocycles. The van der Waals surface area contributed by atoms with Crippen LogP contribution in [0.3, 0.4) is 0 Å². The summed E-state index contributed by atoms with van der Waals surface area (Å²) in [5.74, 6) is 1.15. The van der Waals surface area contributed by atoms with Crippen LogP contribution >= 0.6 is 0 Å². The Kier molecular flexibility index (Phi) is 2.72. The standard InChI is InChI=1S/C10H13N5O/c1-2-3-6-7(11)14-9(15-10(6)16)8-12-4-5-13-8/h4-5H,2-3H2,1H3,(H,12,13)(H3,11,14,15,16). The van der Waals surface area contributed by atoms with Crippen molar-refractivity contribution in [2.24, 2.45) is 0 Å². The lowest BCUT2D eigenvalue weighted by Gasteiger charge is -2.03. The molecule has 0 saturated heterocycles. The van der Waals surface area contributed by atoms with Gasteiger partial charge in [-0.05, 0) is 6.42 Å². The molecule has 0 saturated carbocycles. The van der Waals surface area contributed by atoms with E-state index in [1.54, 1.807) is 12.4 Å². The fourth-order valence-electron chi connectivity index (χ4n) is 1.51. The topological polar surface area (TPSA) is 100 Å². The number of anilines is 1. The van der Waals surface area contributed by atoms with Crippen molar-refractivity contribution in [2.75, 3.05) is 5.73 Å². The van der Waals surface area contributed by atoms with E-state index in [0.29, 0.717) is 23.6 Å². The van der Waals surface area contributed by atoms with Crippen LogP contribution in [0, 0.1) is 0 Å². The van der Waals surface area contributed by atoms with Crippen LogP contribution in [0.1, 0.15) is 18.9 Å². The van der Waals surface area contributed by atoms with Crippen molar-refractivity contribution >= 4 is 5.82 Å². The quantitative estimate of drug-likeness (QED) is 0.707. The maximum absolute atomic E-state index is 11.7. The highest BCUT2D eigenvalue weighted by molar-refractivity contribution is 5.49. The van der Waals surface area contributed by atoms with Gasteiger partial charge in [0.05, 0.1) is 5.56 Å². The zero-order valence-corrected chi connectivity index (χ0v) is 8.95. The van der Waals surface area contributed by atoms with E-state index in [2.05, 4.69) is 19.9 Å². The summed E-state index contributed by atoms with van der Waals surface area (Å²) in [4.78, 5) is 25.4. The molecule has 0 amide bonds. The third-order valence-corrected chi connectivity index (χ3v) is 2.27. The molecule has 0 radical (unpaired) electrons. The van der Waals surface area contributed by atoms with Crippen LogP contribution in [0.25, 0.3) is 11.6 Å². The molecule has 0 aliphatic carbocycles. The van der Waals surface area contributed by atoms with E-state index < -0.39 is 0 Å². The monoisotopic (exact) mass is 219 g/mol. The molecule has 2 rings (SSSR count). The van der Waals surface area contributed by atoms with Crippen molar-refractivity contribution in [3.8, 4) is 11.6 Å². The Labute approximate surface area is 92.0 Å². The van der Waals surface area contributed by atoms with Crippen LogP contribution < -0.4 is 11.3 Å². The van der Waals surface area contributed by atoms with Crippen molar-refractivity contribution in [1.29, 1.82) is 0 Å². The molecular formula is C10H13N5O. The number of nitrogens with two attached hydrogens (primary N) is 1. The highest BCUT2D eigenvalue weighted by Crippen LogP contribution is 2.11. The largest absolute Gasteiger partial charge is 0.383 e. The number of aromatic nitrogens is 4. The molecule has 2 heterocycles. The van der Waals surface area contributed by atoms with Crippen LogP contribution in [-0.4, -0.2) is 19.9 Å². The van der Waals surface area contributed by atoms with Gasteiger partial charge in [-0.2, -0.15) is 0 Å². The Morgan fingerprint density at radius 3 is 2.81 bits per heavy atom. The van der Waals surface area contributed by atoms with Gasteiger partial charge in [-0.15, -0.1) is 0 Å². The molecule has 0 unspecified atom stereocenters. The van der Waals surface area contributed by atoms with Gasteiger partial charge in [0.15, 0.2) is 11.6 Å². The van der Waals surface area contributed by atoms with E-state index in [1.807, 2.05) is 6.92 Å². The number of H-pyrrole nitrogens is 2. The van der Waals surface area contributed by atoms with Crippen molar-refractivity contribution in [1.82, 2.24) is 19.9 Å². The van der Waals surface area contributed by atoms with E-state index in [1.165, 1.54) is 0 Å². The van der Waals surface area contributed by atoms with Crippen molar-refractivity contribution < 1.29 is 0 Å². The van der Waals surface area contributed by atoms with Crippen LogP contribution in [0.5, 0.6) is 0 Å². The van der Waals surface area contributed by atoms with Gasteiger partial charge in [-0.1, -0.05) is 13.3 Å². The predicted octanol–water partition coefficient (Wildman–Crippen LogP) is 0.695. The molecular weight excluding hydrogens is 206 g/mol. The minimum Gasteiger partial charge on any atom is -0.383 e. The van der Waals surface area contributed by atoms with Gasteiger partial charge in [0.2, 0.25) is 0 Å². The summed E-state index contributed by atoms with van der Waals surface area (Å²) in [5, 5.41) is 0. The summed E-state index contributed by atoms with van der Waals surface area (Å²) in [6.07, 6.45) is 4.73. The number of aromatic amines is 2. The smallest absolute Gasteiger partial charge is 0.256 e. The highest BCUT2D eigenvalue weighted by atomic mass is 16.1. The number of imidazole rings is 1. The second-order valence-corrected chi connectivity index (χ2v) is 3.47. The molecule has 0 bridgehead atoms. The molecule has 6 heteroatoms. The van der Waals surface area contributed by atoms with Gasteiger partial charge >= 0.3 is 0 Å². The SMILES string of the molecule is CCCc1c(N)nc(-c2ncc[nH]2)[nH]c1=O. The fraction of sp³-hybridized carbons (Fsp3) is 0.300. The lowest BCUT2D eigenvalue weighted by Crippen LogP contribution is -2.18. The molecule has 0 aliphatic rings. The van der Waals surface area contributed by atoms with Gasteiger partial charge in [-0.25, -0.2) is 9.97 Å². The number of nitrogens with zero attached hydrogens (tertiary/aromatic N) is 2. The molecule has 0 atom stereocenters. The Morgan fingerprint density at radius 1 is 1.44 bits per heavy atom. The lowest BCUT2D eigenvalue weighted by molar-refractivity contribution is 0.890. The summed E-state index contributed by atoms with van der Waals surface area (Å²) in [6.45, 7) is 1.99. The lowest BCUT2D eigenvalue weighted by atomic mass is 10.2. The van der Waals surface area contributed by atoms with Crippen molar-refractivity contribution in [3.05, 3.63) is 28.3 Å². The average Bonchev–Trinajstić information content (AvgIpc) is 2.76. The number of nitrogens with one attached hydrogen (secondary N) is 2. The van der Waals surface area contributed by atoms with E-state index in [0.717, 1.165) is 6.42 Å². The molecule has 16 heavy (non-hydrogen) atoms. The van der Waals surface area contributed by atoms with Crippen molar-refractivity contribution in [3.63, 3.8) is 0 Å². The molecule has 2 aromatic rings. The molecule has 6 nitrogen and oxygen atoms in total. The zero-order chi connectivity index (χ0) is 11.5. The first-order valence-corrected chi connectivity index (χ1v) is 5.10. The fourth-order valence-corrected chi connectivity index (χ4v) is 1.51. The molecule has 2 aromatic heterocycles. The summed E-state index contributed by atoms with van der Waals surface area (Å²) < 4.78 is 0. The van der Waals surface area contributed by atoms with Gasteiger partial charge in [-0.3, -0.25) is 4.79 Å². The minimum atomic E-state index is -0.194. The van der Waals surface area contributed by atoms with Crippen LogP contribution in [0.4, 0.5) is 5.82 Å². The van der Waals surface area contributed by atoms with E-state index in [-0.39, 0.29) is 11.4 Å². The van der Waals surface area contributed by atoms with E-state index >= 15 is 0 Å². The van der Waals surface area contributed by atoms with Crippen molar-refractivity contribution in [2.45, 2.75) is 19.8 Å². The van der Waals surface area contributed by atoms with Gasteiger partial charge in [0.25, 0.3) is 5.56 Å². The molecule has 84 valence electrons. The molecule has 0 spiro atoms. The summed E-state index contributed by atoms with van der Waals surface area (Å²) in [5.41, 5.74) is 6.09. The maximum atomic E-state index is 11.7. The summed E-state index contributed by atoms with van der Waals surface area (Å²) in [6, 6.07) is 0. The van der Waals surface area contributed by atoms with Crippen LogP contribution in [0.15, 0.2) is 17.2 Å². The van der Waals surface area contributed by atoms with E-state index in [4.69, 9.17) is 5.73 Å². The maximum Gasteiger partial charge on any atom is 0.256 e. The second-order valence-electron chi connectivity index (χ2n) is 3.47. The number of hydrogen-bond donors (Lipinski definition) is 3. The normalized spacial score (nSPS) is 10.6. The number of hydrogen-bond acceptors (Lipinski definition) is 4. The molecule has 0 fully saturated rings. The first-order valence-electron chi connectivity index (χ1n) is 5.10. The molecule has 4 N–H and O–H groups in total. The average molecular weight is 219 g/mol. The Balaban J connectivity index is 2.49. The van der Waals surface area contributed by atoms with Gasteiger partial charge in [0, 0.05) is 12.4 Å². The van der Waals surface area contributed by atoms with Gasteiger partial charge in [0.1, 0.15) is 5.82 Å².